The molecule has 0 saturated carbocycles. The molecule has 1 aromatic carbocycles. The summed E-state index contributed by atoms with van der Waals surface area (Å²) < 4.78 is 0. The lowest BCUT2D eigenvalue weighted by atomic mass is 10.0. The van der Waals surface area contributed by atoms with Gasteiger partial charge in [-0.1, -0.05) is 25.1 Å². The van der Waals surface area contributed by atoms with Crippen LogP contribution in [0, 0.1) is 5.92 Å². The Labute approximate surface area is 116 Å². The van der Waals surface area contributed by atoms with Crippen LogP contribution in [0.15, 0.2) is 30.3 Å². The number of carbonyl (C=O) groups excluding carboxylic acids is 1. The molecule has 0 aliphatic rings. The van der Waals surface area contributed by atoms with Crippen LogP contribution in [0.3, 0.4) is 0 Å². The van der Waals surface area contributed by atoms with Crippen LogP contribution in [0.2, 0.25) is 0 Å². The van der Waals surface area contributed by atoms with Crippen molar-refractivity contribution in [3.8, 4) is 0 Å². The third-order valence-corrected chi connectivity index (χ3v) is 3.88. The summed E-state index contributed by atoms with van der Waals surface area (Å²) in [5.41, 5.74) is 6.25. The zero-order valence-electron chi connectivity index (χ0n) is 10.9. The molecule has 1 rings (SSSR count). The molecule has 0 spiro atoms. The van der Waals surface area contributed by atoms with E-state index >= 15 is 0 Å². The number of carbonyl (C=O) groups is 2. The van der Waals surface area contributed by atoms with Gasteiger partial charge >= 0.3 is 5.97 Å². The minimum atomic E-state index is -1.08. The number of carboxylic acids is 1. The minimum Gasteiger partial charge on any atom is -0.480 e. The molecule has 0 fully saturated rings. The zero-order chi connectivity index (χ0) is 14.4. The Hall–Kier alpha value is -1.53. The van der Waals surface area contributed by atoms with Gasteiger partial charge in [0.25, 0.3) is 5.91 Å². The van der Waals surface area contributed by atoms with Crippen LogP contribution in [-0.2, 0) is 4.79 Å². The smallest absolute Gasteiger partial charge is 0.326 e. The molecule has 0 bridgehead atoms. The van der Waals surface area contributed by atoms with Crippen molar-refractivity contribution in [3.05, 3.63) is 35.9 Å². The van der Waals surface area contributed by atoms with Crippen molar-refractivity contribution in [2.45, 2.75) is 18.3 Å². The molecule has 104 valence electrons. The first-order chi connectivity index (χ1) is 8.97. The number of nitrogens with one attached hydrogen (secondary N) is 1. The molecule has 19 heavy (non-hydrogen) atoms. The van der Waals surface area contributed by atoms with Gasteiger partial charge in [-0.3, -0.25) is 4.79 Å². The number of rotatable bonds is 6. The molecular formula is C13H18N2O3S. The first-order valence-electron chi connectivity index (χ1n) is 5.84. The monoisotopic (exact) mass is 282 g/mol. The number of hydrogen-bond acceptors (Lipinski definition) is 4. The molecule has 0 aromatic heterocycles. The fourth-order valence-electron chi connectivity index (χ4n) is 1.64. The van der Waals surface area contributed by atoms with E-state index in [1.54, 1.807) is 43.5 Å². The first-order valence-corrected chi connectivity index (χ1v) is 7.13. The second-order valence-corrected chi connectivity index (χ2v) is 5.23. The van der Waals surface area contributed by atoms with Crippen LogP contribution in [-0.4, -0.2) is 34.7 Å². The number of amides is 1. The van der Waals surface area contributed by atoms with Crippen LogP contribution in [0.25, 0.3) is 0 Å². The number of carboxylic acid groups (broad SMARTS) is 1. The SMILES string of the molecule is CSC(N)C(C)[C@H](NC(=O)c1ccccc1)C(=O)O. The number of hydrogen-bond donors (Lipinski definition) is 3. The van der Waals surface area contributed by atoms with E-state index in [2.05, 4.69) is 5.32 Å². The van der Waals surface area contributed by atoms with Gasteiger partial charge in [0.1, 0.15) is 6.04 Å². The van der Waals surface area contributed by atoms with E-state index in [0.717, 1.165) is 0 Å². The maximum atomic E-state index is 12.0. The van der Waals surface area contributed by atoms with Crippen molar-refractivity contribution in [2.24, 2.45) is 11.7 Å². The van der Waals surface area contributed by atoms with Gasteiger partial charge in [0, 0.05) is 11.5 Å². The largest absolute Gasteiger partial charge is 0.480 e. The van der Waals surface area contributed by atoms with Gasteiger partial charge in [-0.15, -0.1) is 11.8 Å². The van der Waals surface area contributed by atoms with E-state index in [1.807, 2.05) is 0 Å². The molecule has 1 aromatic rings. The summed E-state index contributed by atoms with van der Waals surface area (Å²) in [7, 11) is 0. The normalized spacial score (nSPS) is 15.3. The van der Waals surface area contributed by atoms with Gasteiger partial charge in [-0.25, -0.2) is 4.79 Å². The molecule has 1 amide bonds. The lowest BCUT2D eigenvalue weighted by molar-refractivity contribution is -0.140. The topological polar surface area (TPSA) is 92.4 Å². The van der Waals surface area contributed by atoms with Crippen molar-refractivity contribution in [1.29, 1.82) is 0 Å². The highest BCUT2D eigenvalue weighted by Gasteiger charge is 2.30. The highest BCUT2D eigenvalue weighted by Crippen LogP contribution is 2.16. The summed E-state index contributed by atoms with van der Waals surface area (Å²) >= 11 is 1.36. The van der Waals surface area contributed by atoms with Crippen molar-refractivity contribution < 1.29 is 14.7 Å². The quantitative estimate of drug-likeness (QED) is 0.681. The third kappa shape index (κ3) is 4.25. The lowest BCUT2D eigenvalue weighted by Crippen LogP contribution is -2.49. The van der Waals surface area contributed by atoms with Crippen molar-refractivity contribution in [3.63, 3.8) is 0 Å². The summed E-state index contributed by atoms with van der Waals surface area (Å²) in [5.74, 6) is -1.87. The number of benzene rings is 1. The second kappa shape index (κ2) is 7.16. The summed E-state index contributed by atoms with van der Waals surface area (Å²) in [6.45, 7) is 1.71. The molecule has 0 aliphatic heterocycles. The fourth-order valence-corrected chi connectivity index (χ4v) is 2.22. The Balaban J connectivity index is 2.80. The molecule has 4 N–H and O–H groups in total. The predicted octanol–water partition coefficient (Wildman–Crippen LogP) is 1.15. The Bertz CT molecular complexity index is 439. The molecule has 3 atom stereocenters. The van der Waals surface area contributed by atoms with E-state index in [-0.39, 0.29) is 11.3 Å². The van der Waals surface area contributed by atoms with Crippen LogP contribution < -0.4 is 11.1 Å². The standard InChI is InChI=1S/C13H18N2O3S/c1-8(11(14)19-2)10(13(17)18)15-12(16)9-6-4-3-5-7-9/h3-8,10-11H,14H2,1-2H3,(H,15,16)(H,17,18)/t8?,10-,11?/m0/s1. The maximum absolute atomic E-state index is 12.0. The highest BCUT2D eigenvalue weighted by molar-refractivity contribution is 7.99. The molecule has 0 aliphatic carbocycles. The average Bonchev–Trinajstić information content (AvgIpc) is 2.43. The lowest BCUT2D eigenvalue weighted by Gasteiger charge is -2.25. The van der Waals surface area contributed by atoms with Gasteiger partial charge in [-0.2, -0.15) is 0 Å². The highest BCUT2D eigenvalue weighted by atomic mass is 32.2. The second-order valence-electron chi connectivity index (χ2n) is 4.21. The van der Waals surface area contributed by atoms with Gasteiger partial charge in [0.05, 0.1) is 5.37 Å². The van der Waals surface area contributed by atoms with Crippen LogP contribution >= 0.6 is 11.8 Å². The zero-order valence-corrected chi connectivity index (χ0v) is 11.7. The summed E-state index contributed by atoms with van der Waals surface area (Å²) in [5, 5.41) is 11.4. The third-order valence-electron chi connectivity index (χ3n) is 2.90. The Kier molecular flexibility index (Phi) is 5.85. The Morgan fingerprint density at radius 2 is 1.89 bits per heavy atom. The molecule has 0 heterocycles. The number of nitrogens with two attached hydrogens (primary N) is 1. The Morgan fingerprint density at radius 3 is 2.37 bits per heavy atom. The van der Waals surface area contributed by atoms with E-state index < -0.39 is 17.9 Å². The molecule has 2 unspecified atom stereocenters. The predicted molar refractivity (Wildman–Crippen MR) is 76.0 cm³/mol. The molecule has 0 radical (unpaired) electrons. The van der Waals surface area contributed by atoms with Gasteiger partial charge < -0.3 is 16.2 Å². The molecule has 0 saturated heterocycles. The maximum Gasteiger partial charge on any atom is 0.326 e. The van der Waals surface area contributed by atoms with Crippen molar-refractivity contribution in [1.82, 2.24) is 5.32 Å². The molecule has 5 nitrogen and oxygen atoms in total. The van der Waals surface area contributed by atoms with Crippen LogP contribution in [0.5, 0.6) is 0 Å². The number of aliphatic carboxylic acids is 1. The van der Waals surface area contributed by atoms with Crippen LogP contribution in [0.1, 0.15) is 17.3 Å². The molecule has 6 heteroatoms. The minimum absolute atomic E-state index is 0.350. The van der Waals surface area contributed by atoms with E-state index in [9.17, 15) is 14.7 Å². The summed E-state index contributed by atoms with van der Waals surface area (Å²) in [4.78, 5) is 23.2. The van der Waals surface area contributed by atoms with Gasteiger partial charge in [0.15, 0.2) is 0 Å². The van der Waals surface area contributed by atoms with Crippen molar-refractivity contribution in [2.75, 3.05) is 6.26 Å². The first kappa shape index (κ1) is 15.5. The van der Waals surface area contributed by atoms with E-state index in [1.165, 1.54) is 11.8 Å². The summed E-state index contributed by atoms with van der Waals surface area (Å²) in [6, 6.07) is 7.50. The van der Waals surface area contributed by atoms with Crippen molar-refractivity contribution >= 4 is 23.6 Å². The average molecular weight is 282 g/mol. The Morgan fingerprint density at radius 1 is 1.32 bits per heavy atom. The van der Waals surface area contributed by atoms with E-state index in [0.29, 0.717) is 5.56 Å². The molecular weight excluding hydrogens is 264 g/mol. The van der Waals surface area contributed by atoms with Gasteiger partial charge in [0.2, 0.25) is 0 Å². The van der Waals surface area contributed by atoms with Gasteiger partial charge in [-0.05, 0) is 18.4 Å². The number of thioether (sulfide) groups is 1. The van der Waals surface area contributed by atoms with E-state index in [4.69, 9.17) is 5.73 Å². The summed E-state index contributed by atoms with van der Waals surface area (Å²) in [6.07, 6.45) is 1.80. The fraction of sp³-hybridized carbons (Fsp3) is 0.385. The van der Waals surface area contributed by atoms with Crippen LogP contribution in [0.4, 0.5) is 0 Å².